The molecule has 19 heavy (non-hydrogen) atoms. The van der Waals surface area contributed by atoms with Crippen LogP contribution in [0.4, 0.5) is 0 Å². The number of hydrogen-bond donors (Lipinski definition) is 0. The molecule has 1 nitrogen and oxygen atoms in total. The molecule has 0 spiro atoms. The van der Waals surface area contributed by atoms with Crippen LogP contribution in [-0.2, 0) is 6.42 Å². The summed E-state index contributed by atoms with van der Waals surface area (Å²) < 4.78 is 1.36. The van der Waals surface area contributed by atoms with Gasteiger partial charge in [0, 0.05) is 17.5 Å². The molecule has 2 heteroatoms. The minimum Gasteiger partial charge on any atom is -0.292 e. The average Bonchev–Trinajstić information content (AvgIpc) is 2.94. The molecule has 1 aliphatic rings. The van der Waals surface area contributed by atoms with Crippen LogP contribution in [0.5, 0.6) is 0 Å². The Hall–Kier alpha value is -1.93. The summed E-state index contributed by atoms with van der Waals surface area (Å²) in [4.78, 5) is 4.33. The summed E-state index contributed by atoms with van der Waals surface area (Å²) in [5, 5.41) is 3.49. The van der Waals surface area contributed by atoms with Crippen molar-refractivity contribution >= 4 is 27.6 Å². The minimum atomic E-state index is 0.917. The number of aliphatic imine (C=N–C) groups is 1. The highest BCUT2D eigenvalue weighted by atomic mass is 32.1. The molecule has 0 atom stereocenters. The fraction of sp³-hybridized carbons (Fsp3) is 0.118. The zero-order chi connectivity index (χ0) is 12.7. The fourth-order valence-electron chi connectivity index (χ4n) is 2.62. The number of rotatable bonds is 1. The molecule has 0 amide bonds. The third-order valence-electron chi connectivity index (χ3n) is 3.67. The van der Waals surface area contributed by atoms with Crippen LogP contribution >= 0.6 is 11.3 Å². The first-order valence-electron chi connectivity index (χ1n) is 6.50. The highest BCUT2D eigenvalue weighted by Gasteiger charge is 2.07. The molecule has 0 saturated carbocycles. The molecule has 0 radical (unpaired) electrons. The summed E-state index contributed by atoms with van der Waals surface area (Å²) in [6.07, 6.45) is 3.05. The predicted molar refractivity (Wildman–Crippen MR) is 83.4 cm³/mol. The molecule has 0 N–H and O–H groups in total. The molecule has 0 unspecified atom stereocenters. The lowest BCUT2D eigenvalue weighted by Gasteiger charge is -2.12. The van der Waals surface area contributed by atoms with E-state index in [1.807, 2.05) is 6.21 Å². The van der Waals surface area contributed by atoms with Gasteiger partial charge in [-0.1, -0.05) is 24.3 Å². The molecular weight excluding hydrogens is 250 g/mol. The Morgan fingerprint density at radius 3 is 2.84 bits per heavy atom. The summed E-state index contributed by atoms with van der Waals surface area (Å²) in [7, 11) is 0. The van der Waals surface area contributed by atoms with Gasteiger partial charge in [-0.05, 0) is 57.6 Å². The highest BCUT2D eigenvalue weighted by Crippen LogP contribution is 2.29. The van der Waals surface area contributed by atoms with Crippen molar-refractivity contribution in [2.24, 2.45) is 4.99 Å². The molecule has 1 aliphatic heterocycles. The third-order valence-corrected chi connectivity index (χ3v) is 4.57. The largest absolute Gasteiger partial charge is 0.292 e. The van der Waals surface area contributed by atoms with Crippen LogP contribution in [0.1, 0.15) is 11.1 Å². The predicted octanol–water partition coefficient (Wildman–Crippen LogP) is 4.54. The lowest BCUT2D eigenvalue weighted by molar-refractivity contribution is 0.953. The standard InChI is InChI=1S/C17H13NS/c1-2-16-11-18-7-5-14(16)9-12(1)13-3-4-17-15(10-13)6-8-19-17/h1-4,6,8-11H,5,7H2. The van der Waals surface area contributed by atoms with Gasteiger partial charge in [0.1, 0.15) is 0 Å². The summed E-state index contributed by atoms with van der Waals surface area (Å²) in [6.45, 7) is 0.917. The van der Waals surface area contributed by atoms with Gasteiger partial charge in [0.15, 0.2) is 0 Å². The van der Waals surface area contributed by atoms with Crippen molar-refractivity contribution in [1.29, 1.82) is 0 Å². The number of hydrogen-bond acceptors (Lipinski definition) is 2. The quantitative estimate of drug-likeness (QED) is 0.611. The second-order valence-corrected chi connectivity index (χ2v) is 5.82. The normalized spacial score (nSPS) is 13.7. The van der Waals surface area contributed by atoms with E-state index in [-0.39, 0.29) is 0 Å². The van der Waals surface area contributed by atoms with E-state index in [1.54, 1.807) is 11.3 Å². The van der Waals surface area contributed by atoms with Gasteiger partial charge in [-0.2, -0.15) is 0 Å². The van der Waals surface area contributed by atoms with E-state index >= 15 is 0 Å². The first-order chi connectivity index (χ1) is 9.40. The SMILES string of the molecule is C1=NCCc2cc(-c3ccc4sccc4c3)ccc21. The zero-order valence-corrected chi connectivity index (χ0v) is 11.3. The minimum absolute atomic E-state index is 0.917. The van der Waals surface area contributed by atoms with Crippen molar-refractivity contribution in [3.63, 3.8) is 0 Å². The molecule has 0 bridgehead atoms. The van der Waals surface area contributed by atoms with Gasteiger partial charge in [-0.15, -0.1) is 11.3 Å². The van der Waals surface area contributed by atoms with Gasteiger partial charge in [0.25, 0.3) is 0 Å². The van der Waals surface area contributed by atoms with Crippen LogP contribution in [0.25, 0.3) is 21.2 Å². The molecule has 4 rings (SSSR count). The summed E-state index contributed by atoms with van der Waals surface area (Å²) in [5.41, 5.74) is 5.29. The lowest BCUT2D eigenvalue weighted by atomic mass is 9.96. The molecule has 3 aromatic rings. The maximum Gasteiger partial charge on any atom is 0.0430 e. The number of nitrogens with zero attached hydrogens (tertiary/aromatic N) is 1. The monoisotopic (exact) mass is 263 g/mol. The highest BCUT2D eigenvalue weighted by molar-refractivity contribution is 7.17. The van der Waals surface area contributed by atoms with Crippen molar-refractivity contribution in [2.75, 3.05) is 6.54 Å². The van der Waals surface area contributed by atoms with Crippen molar-refractivity contribution in [1.82, 2.24) is 0 Å². The molecule has 92 valence electrons. The van der Waals surface area contributed by atoms with Gasteiger partial charge in [0.05, 0.1) is 0 Å². The Bertz CT molecular complexity index is 783. The van der Waals surface area contributed by atoms with Gasteiger partial charge in [-0.25, -0.2) is 0 Å². The lowest BCUT2D eigenvalue weighted by Crippen LogP contribution is -2.02. The Labute approximate surface area is 116 Å². The summed E-state index contributed by atoms with van der Waals surface area (Å²) in [5.74, 6) is 0. The maximum atomic E-state index is 4.33. The molecule has 1 aromatic heterocycles. The summed E-state index contributed by atoms with van der Waals surface area (Å²) in [6, 6.07) is 15.6. The number of thiophene rings is 1. The number of benzene rings is 2. The van der Waals surface area contributed by atoms with Crippen LogP contribution in [0.2, 0.25) is 0 Å². The van der Waals surface area contributed by atoms with Crippen molar-refractivity contribution in [3.05, 3.63) is 59.0 Å². The molecule has 0 fully saturated rings. The molecule has 2 heterocycles. The van der Waals surface area contributed by atoms with E-state index < -0.39 is 0 Å². The number of fused-ring (bicyclic) bond motifs is 2. The zero-order valence-electron chi connectivity index (χ0n) is 10.5. The van der Waals surface area contributed by atoms with Gasteiger partial charge in [-0.3, -0.25) is 4.99 Å². The van der Waals surface area contributed by atoms with Gasteiger partial charge < -0.3 is 0 Å². The van der Waals surface area contributed by atoms with Crippen LogP contribution in [0, 0.1) is 0 Å². The Morgan fingerprint density at radius 1 is 0.947 bits per heavy atom. The van der Waals surface area contributed by atoms with Crippen LogP contribution in [0.15, 0.2) is 52.8 Å². The smallest absolute Gasteiger partial charge is 0.0430 e. The van der Waals surface area contributed by atoms with Crippen LogP contribution in [0.3, 0.4) is 0 Å². The summed E-state index contributed by atoms with van der Waals surface area (Å²) >= 11 is 1.80. The second-order valence-electron chi connectivity index (χ2n) is 4.87. The fourth-order valence-corrected chi connectivity index (χ4v) is 3.39. The average molecular weight is 263 g/mol. The third kappa shape index (κ3) is 1.89. The Morgan fingerprint density at radius 2 is 1.84 bits per heavy atom. The Kier molecular flexibility index (Phi) is 2.49. The van der Waals surface area contributed by atoms with E-state index in [1.165, 1.54) is 32.3 Å². The van der Waals surface area contributed by atoms with Crippen LogP contribution in [-0.4, -0.2) is 12.8 Å². The molecule has 2 aromatic carbocycles. The first-order valence-corrected chi connectivity index (χ1v) is 7.38. The van der Waals surface area contributed by atoms with E-state index in [4.69, 9.17) is 0 Å². The van der Waals surface area contributed by atoms with E-state index in [2.05, 4.69) is 52.8 Å². The first kappa shape index (κ1) is 10.9. The van der Waals surface area contributed by atoms with Crippen molar-refractivity contribution < 1.29 is 0 Å². The topological polar surface area (TPSA) is 12.4 Å². The second kappa shape index (κ2) is 4.32. The van der Waals surface area contributed by atoms with E-state index in [0.29, 0.717) is 0 Å². The van der Waals surface area contributed by atoms with E-state index in [0.717, 1.165) is 13.0 Å². The van der Waals surface area contributed by atoms with Gasteiger partial charge >= 0.3 is 0 Å². The Balaban J connectivity index is 1.84. The molecular formula is C17H13NS. The van der Waals surface area contributed by atoms with Crippen molar-refractivity contribution in [2.45, 2.75) is 6.42 Å². The van der Waals surface area contributed by atoms with E-state index in [9.17, 15) is 0 Å². The van der Waals surface area contributed by atoms with Crippen LogP contribution < -0.4 is 0 Å². The molecule has 0 saturated heterocycles. The van der Waals surface area contributed by atoms with Gasteiger partial charge in [0.2, 0.25) is 0 Å². The maximum absolute atomic E-state index is 4.33. The molecule has 0 aliphatic carbocycles. The van der Waals surface area contributed by atoms with Crippen molar-refractivity contribution in [3.8, 4) is 11.1 Å².